The maximum atomic E-state index is 11.0. The molecule has 1 N–H and O–H groups in total. The van der Waals surface area contributed by atoms with Gasteiger partial charge in [0.1, 0.15) is 16.9 Å². The molecule has 2 heterocycles. The van der Waals surface area contributed by atoms with E-state index in [0.29, 0.717) is 16.4 Å². The van der Waals surface area contributed by atoms with E-state index in [0.717, 1.165) is 25.9 Å². The molecule has 2 rings (SSSR count). The Hall–Kier alpha value is -1.80. The van der Waals surface area contributed by atoms with E-state index in [-0.39, 0.29) is 11.9 Å². The van der Waals surface area contributed by atoms with Crippen molar-refractivity contribution in [3.05, 3.63) is 22.8 Å². The quantitative estimate of drug-likeness (QED) is 0.894. The number of rotatable bonds is 2. The van der Waals surface area contributed by atoms with Crippen molar-refractivity contribution >= 4 is 23.3 Å². The van der Waals surface area contributed by atoms with Gasteiger partial charge in [-0.05, 0) is 18.9 Å². The van der Waals surface area contributed by atoms with E-state index >= 15 is 0 Å². The summed E-state index contributed by atoms with van der Waals surface area (Å²) in [5.74, 6) is 0.656. The molecule has 0 aliphatic carbocycles. The summed E-state index contributed by atoms with van der Waals surface area (Å²) >= 11 is 6.17. The first-order valence-electron chi connectivity index (χ1n) is 6.18. The van der Waals surface area contributed by atoms with Crippen molar-refractivity contribution in [3.63, 3.8) is 0 Å². The number of amides is 1. The third-order valence-electron chi connectivity index (χ3n) is 3.19. The van der Waals surface area contributed by atoms with Crippen molar-refractivity contribution < 1.29 is 4.79 Å². The molecule has 1 fully saturated rings. The predicted octanol–water partition coefficient (Wildman–Crippen LogP) is 1.71. The van der Waals surface area contributed by atoms with Gasteiger partial charge in [-0.3, -0.25) is 4.79 Å². The molecule has 100 valence electrons. The monoisotopic (exact) mass is 278 g/mol. The zero-order valence-electron chi connectivity index (χ0n) is 10.7. The molecule has 0 saturated carbocycles. The molecule has 1 amide bonds. The van der Waals surface area contributed by atoms with Crippen LogP contribution in [0.4, 0.5) is 5.82 Å². The lowest BCUT2D eigenvalue weighted by Crippen LogP contribution is -2.44. The number of nitriles is 1. The maximum Gasteiger partial charge on any atom is 0.217 e. The molecule has 1 aromatic rings. The summed E-state index contributed by atoms with van der Waals surface area (Å²) < 4.78 is 0. The number of carbonyl (C=O) groups is 1. The summed E-state index contributed by atoms with van der Waals surface area (Å²) in [6, 6.07) is 3.88. The van der Waals surface area contributed by atoms with Crippen molar-refractivity contribution in [1.82, 2.24) is 10.3 Å². The second kappa shape index (κ2) is 5.89. The topological polar surface area (TPSA) is 69.0 Å². The number of carbonyl (C=O) groups excluding carboxylic acids is 1. The minimum Gasteiger partial charge on any atom is -0.355 e. The van der Waals surface area contributed by atoms with Crippen LogP contribution in [-0.4, -0.2) is 30.0 Å². The highest BCUT2D eigenvalue weighted by molar-refractivity contribution is 6.34. The highest BCUT2D eigenvalue weighted by Crippen LogP contribution is 2.28. The number of hydrogen-bond acceptors (Lipinski definition) is 4. The van der Waals surface area contributed by atoms with E-state index < -0.39 is 0 Å². The Balaban J connectivity index is 2.06. The van der Waals surface area contributed by atoms with Crippen LogP contribution in [0, 0.1) is 11.3 Å². The van der Waals surface area contributed by atoms with Gasteiger partial charge < -0.3 is 10.2 Å². The first-order chi connectivity index (χ1) is 9.11. The van der Waals surface area contributed by atoms with Gasteiger partial charge in [-0.15, -0.1) is 0 Å². The van der Waals surface area contributed by atoms with Crippen molar-refractivity contribution in [3.8, 4) is 6.07 Å². The van der Waals surface area contributed by atoms with Crippen LogP contribution in [0.3, 0.4) is 0 Å². The van der Waals surface area contributed by atoms with E-state index in [4.69, 9.17) is 16.9 Å². The highest BCUT2D eigenvalue weighted by atomic mass is 35.5. The van der Waals surface area contributed by atoms with Crippen LogP contribution in [0.15, 0.2) is 12.3 Å². The molecule has 0 unspecified atom stereocenters. The number of aromatic nitrogens is 1. The van der Waals surface area contributed by atoms with Crippen LogP contribution < -0.4 is 10.2 Å². The number of pyridine rings is 1. The molecule has 5 nitrogen and oxygen atoms in total. The lowest BCUT2D eigenvalue weighted by Gasteiger charge is -2.33. The van der Waals surface area contributed by atoms with Crippen LogP contribution in [0.5, 0.6) is 0 Å². The molecule has 1 aliphatic rings. The Bertz CT molecular complexity index is 518. The molecule has 6 heteroatoms. The van der Waals surface area contributed by atoms with Gasteiger partial charge in [0.25, 0.3) is 0 Å². The summed E-state index contributed by atoms with van der Waals surface area (Å²) in [4.78, 5) is 17.3. The van der Waals surface area contributed by atoms with Crippen LogP contribution in [0.2, 0.25) is 5.02 Å². The van der Waals surface area contributed by atoms with E-state index in [2.05, 4.69) is 21.3 Å². The molecule has 1 aromatic heterocycles. The van der Waals surface area contributed by atoms with Crippen molar-refractivity contribution in [1.29, 1.82) is 5.26 Å². The Labute approximate surface area is 117 Å². The number of anilines is 1. The van der Waals surface area contributed by atoms with Crippen molar-refractivity contribution in [2.45, 2.75) is 25.8 Å². The zero-order valence-corrected chi connectivity index (χ0v) is 11.4. The molecule has 19 heavy (non-hydrogen) atoms. The van der Waals surface area contributed by atoms with Gasteiger partial charge in [-0.2, -0.15) is 5.26 Å². The second-order valence-corrected chi connectivity index (χ2v) is 4.95. The molecule has 0 aromatic carbocycles. The molecule has 0 spiro atoms. The fourth-order valence-corrected chi connectivity index (χ4v) is 2.54. The largest absolute Gasteiger partial charge is 0.355 e. The average molecular weight is 279 g/mol. The van der Waals surface area contributed by atoms with E-state index in [9.17, 15) is 4.79 Å². The van der Waals surface area contributed by atoms with E-state index in [1.807, 2.05) is 0 Å². The Kier molecular flexibility index (Phi) is 4.23. The van der Waals surface area contributed by atoms with Gasteiger partial charge in [-0.25, -0.2) is 4.98 Å². The van der Waals surface area contributed by atoms with E-state index in [1.165, 1.54) is 6.92 Å². The summed E-state index contributed by atoms with van der Waals surface area (Å²) in [6.07, 6.45) is 3.31. The number of nitrogens with zero attached hydrogens (tertiary/aromatic N) is 3. The van der Waals surface area contributed by atoms with Gasteiger partial charge in [0, 0.05) is 32.3 Å². The SMILES string of the molecule is CC(=O)NC1CCN(c2nccc(C#N)c2Cl)CC1. The average Bonchev–Trinajstić information content (AvgIpc) is 2.39. The first-order valence-corrected chi connectivity index (χ1v) is 6.56. The lowest BCUT2D eigenvalue weighted by atomic mass is 10.0. The van der Waals surface area contributed by atoms with Gasteiger partial charge in [0.2, 0.25) is 5.91 Å². The predicted molar refractivity (Wildman–Crippen MR) is 73.0 cm³/mol. The molecule has 0 atom stereocenters. The van der Waals surface area contributed by atoms with Crippen molar-refractivity contribution in [2.24, 2.45) is 0 Å². The molecular formula is C13H15ClN4O. The van der Waals surface area contributed by atoms with Gasteiger partial charge >= 0.3 is 0 Å². The summed E-state index contributed by atoms with van der Waals surface area (Å²) in [5.41, 5.74) is 0.440. The normalized spacial score (nSPS) is 15.9. The smallest absolute Gasteiger partial charge is 0.217 e. The third kappa shape index (κ3) is 3.15. The van der Waals surface area contributed by atoms with E-state index in [1.54, 1.807) is 12.3 Å². The Morgan fingerprint density at radius 3 is 2.84 bits per heavy atom. The van der Waals surface area contributed by atoms with Gasteiger partial charge in [-0.1, -0.05) is 11.6 Å². The fourth-order valence-electron chi connectivity index (χ4n) is 2.26. The minimum absolute atomic E-state index is 0.00100. The molecule has 1 aliphatic heterocycles. The molecule has 1 saturated heterocycles. The summed E-state index contributed by atoms with van der Waals surface area (Å²) in [5, 5.41) is 12.3. The van der Waals surface area contributed by atoms with Gasteiger partial charge in [0.05, 0.1) is 5.56 Å². The standard InChI is InChI=1S/C13H15ClN4O/c1-9(19)17-11-3-6-18(7-4-11)13-12(14)10(8-15)2-5-16-13/h2,5,11H,3-4,6-7H2,1H3,(H,17,19). The number of hydrogen-bond donors (Lipinski definition) is 1. The molecule has 0 radical (unpaired) electrons. The molecular weight excluding hydrogens is 264 g/mol. The summed E-state index contributed by atoms with van der Waals surface area (Å²) in [7, 11) is 0. The zero-order chi connectivity index (χ0) is 13.8. The second-order valence-electron chi connectivity index (χ2n) is 4.57. The number of piperidine rings is 1. The number of halogens is 1. The lowest BCUT2D eigenvalue weighted by molar-refractivity contribution is -0.119. The minimum atomic E-state index is 0.00100. The maximum absolute atomic E-state index is 11.0. The Morgan fingerprint density at radius 1 is 1.58 bits per heavy atom. The molecule has 0 bridgehead atoms. The first kappa shape index (κ1) is 13.6. The van der Waals surface area contributed by atoms with Crippen LogP contribution in [-0.2, 0) is 4.79 Å². The van der Waals surface area contributed by atoms with Crippen molar-refractivity contribution in [2.75, 3.05) is 18.0 Å². The van der Waals surface area contributed by atoms with Crippen LogP contribution >= 0.6 is 11.6 Å². The summed E-state index contributed by atoms with van der Waals surface area (Å²) in [6.45, 7) is 3.07. The third-order valence-corrected chi connectivity index (χ3v) is 3.57. The van der Waals surface area contributed by atoms with Crippen LogP contribution in [0.25, 0.3) is 0 Å². The fraction of sp³-hybridized carbons (Fsp3) is 0.462. The highest BCUT2D eigenvalue weighted by Gasteiger charge is 2.22. The van der Waals surface area contributed by atoms with Crippen LogP contribution in [0.1, 0.15) is 25.3 Å². The Morgan fingerprint density at radius 2 is 2.26 bits per heavy atom. The number of nitrogens with one attached hydrogen (secondary N) is 1. The van der Waals surface area contributed by atoms with Gasteiger partial charge in [0.15, 0.2) is 0 Å².